The normalized spacial score (nSPS) is 10.3. The molecular weight excluding hydrogens is 392 g/mol. The van der Waals surface area contributed by atoms with Gasteiger partial charge in [0.1, 0.15) is 10.8 Å². The molecule has 9 heteroatoms. The van der Waals surface area contributed by atoms with E-state index < -0.39 is 24.4 Å². The monoisotopic (exact) mass is 410 g/mol. The molecule has 0 unspecified atom stereocenters. The molecule has 0 fully saturated rings. The second-order valence-corrected chi connectivity index (χ2v) is 6.95. The van der Waals surface area contributed by atoms with Gasteiger partial charge in [-0.2, -0.15) is 0 Å². The molecule has 0 aliphatic carbocycles. The highest BCUT2D eigenvalue weighted by molar-refractivity contribution is 7.14. The minimum absolute atomic E-state index is 0.117. The summed E-state index contributed by atoms with van der Waals surface area (Å²) in [5.41, 5.74) is 6.32. The topological polar surface area (TPSA) is 108 Å². The smallest absolute Gasteiger partial charge is 0.306 e. The van der Waals surface area contributed by atoms with Gasteiger partial charge in [-0.15, -0.1) is 11.3 Å². The number of anilines is 1. The third kappa shape index (κ3) is 6.58. The Balaban J connectivity index is 1.66. The Kier molecular flexibility index (Phi) is 7.63. The van der Waals surface area contributed by atoms with Crippen molar-refractivity contribution in [2.75, 3.05) is 18.5 Å². The van der Waals surface area contributed by atoms with Crippen molar-refractivity contribution in [2.45, 2.75) is 19.8 Å². The van der Waals surface area contributed by atoms with Crippen LogP contribution in [0.15, 0.2) is 29.6 Å². The molecule has 2 aromatic rings. The number of benzene rings is 1. The molecule has 0 aliphatic heterocycles. The molecule has 1 heterocycles. The molecule has 0 spiro atoms. The maximum Gasteiger partial charge on any atom is 0.306 e. The van der Waals surface area contributed by atoms with E-state index >= 15 is 0 Å². The van der Waals surface area contributed by atoms with Crippen LogP contribution in [0.25, 0.3) is 0 Å². The molecule has 0 saturated carbocycles. The lowest BCUT2D eigenvalue weighted by atomic mass is 10.2. The first-order valence-electron chi connectivity index (χ1n) is 8.08. The molecule has 0 atom stereocenters. The predicted octanol–water partition coefficient (Wildman–Crippen LogP) is 3.15. The van der Waals surface area contributed by atoms with Crippen LogP contribution in [-0.4, -0.2) is 31.0 Å². The summed E-state index contributed by atoms with van der Waals surface area (Å²) in [5.74, 6) is -0.989. The summed E-state index contributed by atoms with van der Waals surface area (Å²) in [4.78, 5) is 34.7. The van der Waals surface area contributed by atoms with Gasteiger partial charge in [-0.1, -0.05) is 11.6 Å². The van der Waals surface area contributed by atoms with Crippen LogP contribution in [0.5, 0.6) is 5.75 Å². The van der Waals surface area contributed by atoms with Gasteiger partial charge in [-0.05, 0) is 48.6 Å². The predicted molar refractivity (Wildman–Crippen MR) is 103 cm³/mol. The lowest BCUT2D eigenvalue weighted by molar-refractivity contribution is -0.147. The number of thiophene rings is 1. The van der Waals surface area contributed by atoms with Crippen LogP contribution < -0.4 is 15.8 Å². The van der Waals surface area contributed by atoms with Crippen molar-refractivity contribution in [1.82, 2.24) is 0 Å². The Morgan fingerprint density at radius 1 is 1.26 bits per heavy atom. The minimum atomic E-state index is -0.639. The Bertz CT molecular complexity index is 837. The van der Waals surface area contributed by atoms with Crippen molar-refractivity contribution in [3.05, 3.63) is 45.8 Å². The van der Waals surface area contributed by atoms with Crippen molar-refractivity contribution in [1.29, 1.82) is 0 Å². The van der Waals surface area contributed by atoms with Crippen molar-refractivity contribution < 1.29 is 23.9 Å². The van der Waals surface area contributed by atoms with Crippen molar-refractivity contribution >= 4 is 45.7 Å². The second kappa shape index (κ2) is 9.94. The molecular formula is C18H19ClN2O5S. The number of halogens is 1. The van der Waals surface area contributed by atoms with Crippen LogP contribution in [0.2, 0.25) is 5.02 Å². The van der Waals surface area contributed by atoms with Gasteiger partial charge in [0.2, 0.25) is 0 Å². The average molecular weight is 411 g/mol. The van der Waals surface area contributed by atoms with Gasteiger partial charge in [0.15, 0.2) is 6.61 Å². The largest absolute Gasteiger partial charge is 0.493 e. The van der Waals surface area contributed by atoms with E-state index in [1.54, 1.807) is 23.6 Å². The van der Waals surface area contributed by atoms with Crippen LogP contribution >= 0.6 is 22.9 Å². The number of hydrogen-bond acceptors (Lipinski definition) is 6. The van der Waals surface area contributed by atoms with Gasteiger partial charge < -0.3 is 20.5 Å². The van der Waals surface area contributed by atoms with Crippen LogP contribution in [0, 0.1) is 6.92 Å². The van der Waals surface area contributed by atoms with E-state index in [-0.39, 0.29) is 12.0 Å². The number of amides is 2. The highest BCUT2D eigenvalue weighted by Crippen LogP contribution is 2.23. The van der Waals surface area contributed by atoms with E-state index in [2.05, 4.69) is 5.32 Å². The zero-order chi connectivity index (χ0) is 19.8. The maximum atomic E-state index is 11.8. The van der Waals surface area contributed by atoms with Crippen molar-refractivity contribution in [2.24, 2.45) is 5.73 Å². The van der Waals surface area contributed by atoms with Gasteiger partial charge >= 0.3 is 5.97 Å². The maximum absolute atomic E-state index is 11.8. The molecule has 2 amide bonds. The number of hydrogen-bond donors (Lipinski definition) is 2. The van der Waals surface area contributed by atoms with Gasteiger partial charge in [0.25, 0.3) is 11.8 Å². The van der Waals surface area contributed by atoms with Crippen LogP contribution in [0.3, 0.4) is 0 Å². The third-order valence-corrected chi connectivity index (χ3v) is 4.53. The lowest BCUT2D eigenvalue weighted by Crippen LogP contribution is -2.22. The third-order valence-electron chi connectivity index (χ3n) is 3.47. The molecule has 27 heavy (non-hydrogen) atoms. The fourth-order valence-electron chi connectivity index (χ4n) is 2.15. The molecule has 0 radical (unpaired) electrons. The van der Waals surface area contributed by atoms with Crippen LogP contribution in [0.1, 0.15) is 28.8 Å². The van der Waals surface area contributed by atoms with Crippen LogP contribution in [-0.2, 0) is 14.3 Å². The second-order valence-electron chi connectivity index (χ2n) is 5.60. The lowest BCUT2D eigenvalue weighted by Gasteiger charge is -2.09. The number of ether oxygens (including phenoxy) is 2. The molecule has 2 rings (SSSR count). The molecule has 3 N–H and O–H groups in total. The highest BCUT2D eigenvalue weighted by Gasteiger charge is 2.14. The summed E-state index contributed by atoms with van der Waals surface area (Å²) in [6, 6.07) is 6.80. The minimum Gasteiger partial charge on any atom is -0.493 e. The first-order chi connectivity index (χ1) is 12.9. The van der Waals surface area contributed by atoms with E-state index in [9.17, 15) is 14.4 Å². The van der Waals surface area contributed by atoms with Gasteiger partial charge in [0.05, 0.1) is 12.2 Å². The Hall–Kier alpha value is -2.58. The van der Waals surface area contributed by atoms with Gasteiger partial charge in [-0.3, -0.25) is 14.4 Å². The summed E-state index contributed by atoms with van der Waals surface area (Å²) in [7, 11) is 0. The number of carbonyl (C=O) groups is 3. The standard InChI is InChI=1S/C18H19ClN2O5S/c1-11-9-12(19)4-5-14(11)25-7-2-3-16(23)26-10-15(22)21-18-13(17(20)24)6-8-27-18/h4-6,8-9H,2-3,7,10H2,1H3,(H2,20,24)(H,21,22). The Morgan fingerprint density at radius 3 is 2.74 bits per heavy atom. The van der Waals surface area contributed by atoms with Crippen molar-refractivity contribution in [3.8, 4) is 5.75 Å². The quantitative estimate of drug-likeness (QED) is 0.487. The number of aryl methyl sites for hydroxylation is 1. The van der Waals surface area contributed by atoms with E-state index in [1.807, 2.05) is 6.92 Å². The van der Waals surface area contributed by atoms with Crippen LogP contribution in [0.4, 0.5) is 5.00 Å². The summed E-state index contributed by atoms with van der Waals surface area (Å²) >= 11 is 7.04. The molecule has 144 valence electrons. The van der Waals surface area contributed by atoms with E-state index in [4.69, 9.17) is 26.8 Å². The fourth-order valence-corrected chi connectivity index (χ4v) is 3.19. The number of nitrogens with one attached hydrogen (secondary N) is 1. The van der Waals surface area contributed by atoms with E-state index in [0.717, 1.165) is 16.9 Å². The van der Waals surface area contributed by atoms with Gasteiger partial charge in [-0.25, -0.2) is 0 Å². The zero-order valence-corrected chi connectivity index (χ0v) is 16.2. The van der Waals surface area contributed by atoms with Gasteiger partial charge in [0, 0.05) is 11.4 Å². The fraction of sp³-hybridized carbons (Fsp3) is 0.278. The molecule has 1 aromatic heterocycles. The number of esters is 1. The number of rotatable bonds is 9. The highest BCUT2D eigenvalue weighted by atomic mass is 35.5. The molecule has 7 nitrogen and oxygen atoms in total. The zero-order valence-electron chi connectivity index (χ0n) is 14.6. The number of nitrogens with two attached hydrogens (primary N) is 1. The SMILES string of the molecule is Cc1cc(Cl)ccc1OCCCC(=O)OCC(=O)Nc1sccc1C(N)=O. The molecule has 0 aliphatic rings. The molecule has 0 saturated heterocycles. The van der Waals surface area contributed by atoms with E-state index in [0.29, 0.717) is 28.8 Å². The Morgan fingerprint density at radius 2 is 2.04 bits per heavy atom. The summed E-state index contributed by atoms with van der Waals surface area (Å²) in [5, 5.41) is 5.08. The van der Waals surface area contributed by atoms with E-state index in [1.165, 1.54) is 6.07 Å². The molecule has 0 bridgehead atoms. The Labute approximate surface area is 165 Å². The van der Waals surface area contributed by atoms with Crippen molar-refractivity contribution in [3.63, 3.8) is 0 Å². The summed E-state index contributed by atoms with van der Waals surface area (Å²) in [6.45, 7) is 1.78. The average Bonchev–Trinajstić information content (AvgIpc) is 3.06. The summed E-state index contributed by atoms with van der Waals surface area (Å²) in [6.07, 6.45) is 0.560. The number of primary amides is 1. The first kappa shape index (κ1) is 20.7. The number of carbonyl (C=O) groups excluding carboxylic acids is 3. The summed E-state index contributed by atoms with van der Waals surface area (Å²) < 4.78 is 10.5. The first-order valence-corrected chi connectivity index (χ1v) is 9.34. The molecule has 1 aromatic carbocycles.